The zero-order valence-corrected chi connectivity index (χ0v) is 17.0. The average molecular weight is 422 g/mol. The standard InChI is InChI=1S/C20H12Cl4Si/c21-13-5-1-9-17(13)25(18-10-2-6-14(18)22,19-11-3-7-15(19)23)20-12-4-8-16(20)24/h1-12H/q-4. The normalized spacial score (nSPS) is 12.0. The quantitative estimate of drug-likeness (QED) is 0.335. The van der Waals surface area contributed by atoms with Crippen molar-refractivity contribution in [3.63, 3.8) is 0 Å². The summed E-state index contributed by atoms with van der Waals surface area (Å²) >= 11 is 26.5. The Hall–Kier alpha value is -1.22. The highest BCUT2D eigenvalue weighted by Crippen LogP contribution is 2.25. The van der Waals surface area contributed by atoms with Gasteiger partial charge in [0.1, 0.15) is 0 Å². The summed E-state index contributed by atoms with van der Waals surface area (Å²) in [5, 5.41) is 7.01. The van der Waals surface area contributed by atoms with Crippen LogP contribution in [0, 0.1) is 0 Å². The summed E-state index contributed by atoms with van der Waals surface area (Å²) in [6.07, 6.45) is 0. The molecule has 0 fully saturated rings. The van der Waals surface area contributed by atoms with Gasteiger partial charge in [0, 0.05) is 0 Å². The van der Waals surface area contributed by atoms with E-state index in [1.54, 1.807) is 0 Å². The Labute approximate surface area is 167 Å². The SMILES string of the molecule is Clc1[cH-]ccc1[Si](c1cc[cH-]c1Cl)([c-]1cccc1Cl)[c-]1cccc1Cl. The molecule has 128 valence electrons. The molecule has 0 heterocycles. The highest BCUT2D eigenvalue weighted by molar-refractivity contribution is 7.22. The largest absolute Gasteiger partial charge is 0.213 e. The maximum absolute atomic E-state index is 6.64. The van der Waals surface area contributed by atoms with Crippen molar-refractivity contribution in [3.8, 4) is 0 Å². The molecule has 0 nitrogen and oxygen atoms in total. The summed E-state index contributed by atoms with van der Waals surface area (Å²) in [4.78, 5) is 0. The van der Waals surface area contributed by atoms with Gasteiger partial charge in [0.05, 0.1) is 0 Å². The Kier molecular flexibility index (Phi) is 4.47. The number of halogens is 4. The van der Waals surface area contributed by atoms with E-state index in [0.717, 1.165) is 20.7 Å². The molecule has 0 aliphatic carbocycles. The molecule has 5 heteroatoms. The van der Waals surface area contributed by atoms with Gasteiger partial charge >= 0.3 is 0 Å². The van der Waals surface area contributed by atoms with Gasteiger partial charge in [0.25, 0.3) is 0 Å². The van der Waals surface area contributed by atoms with E-state index in [-0.39, 0.29) is 0 Å². The third kappa shape index (κ3) is 2.49. The van der Waals surface area contributed by atoms with Gasteiger partial charge in [-0.1, -0.05) is 28.2 Å². The molecule has 4 aromatic rings. The zero-order valence-electron chi connectivity index (χ0n) is 12.9. The summed E-state index contributed by atoms with van der Waals surface area (Å²) < 4.78 is 0. The third-order valence-corrected chi connectivity index (χ3v) is 11.6. The monoisotopic (exact) mass is 420 g/mol. The van der Waals surface area contributed by atoms with Crippen molar-refractivity contribution in [2.24, 2.45) is 0 Å². The van der Waals surface area contributed by atoms with Gasteiger partial charge in [-0.05, 0) is 0 Å². The molecule has 0 saturated heterocycles. The molecule has 0 unspecified atom stereocenters. The third-order valence-electron chi connectivity index (χ3n) is 4.67. The van der Waals surface area contributed by atoms with Crippen molar-refractivity contribution in [1.29, 1.82) is 0 Å². The van der Waals surface area contributed by atoms with Crippen LogP contribution in [-0.4, -0.2) is 8.07 Å². The predicted octanol–water partition coefficient (Wildman–Crippen LogP) is 4.55. The Morgan fingerprint density at radius 1 is 0.680 bits per heavy atom. The Morgan fingerprint density at radius 3 is 1.40 bits per heavy atom. The van der Waals surface area contributed by atoms with Gasteiger partial charge in [0.2, 0.25) is 0 Å². The molecule has 25 heavy (non-hydrogen) atoms. The fourth-order valence-corrected chi connectivity index (χ4v) is 10.8. The fraction of sp³-hybridized carbons (Fsp3) is 0. The lowest BCUT2D eigenvalue weighted by Crippen LogP contribution is -2.74. The second kappa shape index (κ2) is 6.50. The molecule has 0 atom stereocenters. The number of hydrogen-bond acceptors (Lipinski definition) is 0. The van der Waals surface area contributed by atoms with Crippen LogP contribution >= 0.6 is 46.4 Å². The van der Waals surface area contributed by atoms with Crippen molar-refractivity contribution in [3.05, 3.63) is 92.9 Å². The summed E-state index contributed by atoms with van der Waals surface area (Å²) in [5.41, 5.74) is 0. The van der Waals surface area contributed by atoms with E-state index in [9.17, 15) is 0 Å². The van der Waals surface area contributed by atoms with Crippen LogP contribution in [0.3, 0.4) is 0 Å². The molecule has 0 N–H and O–H groups in total. The van der Waals surface area contributed by atoms with E-state index >= 15 is 0 Å². The molecule has 0 spiro atoms. The zero-order chi connectivity index (χ0) is 17.6. The Bertz CT molecular complexity index is 848. The summed E-state index contributed by atoms with van der Waals surface area (Å²) in [6.45, 7) is 0. The van der Waals surface area contributed by atoms with E-state index in [1.165, 1.54) is 0 Å². The first kappa shape index (κ1) is 17.2. The van der Waals surface area contributed by atoms with Gasteiger partial charge in [-0.15, -0.1) is 46.4 Å². The van der Waals surface area contributed by atoms with Crippen molar-refractivity contribution in [2.45, 2.75) is 0 Å². The molecule has 0 aliphatic rings. The molecule has 0 amide bonds. The predicted molar refractivity (Wildman–Crippen MR) is 112 cm³/mol. The first-order chi connectivity index (χ1) is 12.1. The summed E-state index contributed by atoms with van der Waals surface area (Å²) in [6, 6.07) is 23.7. The van der Waals surface area contributed by atoms with Crippen LogP contribution in [0.1, 0.15) is 0 Å². The van der Waals surface area contributed by atoms with Crippen LogP contribution in [-0.2, 0) is 0 Å². The number of rotatable bonds is 4. The minimum absolute atomic E-state index is 0.707. The molecule has 0 radical (unpaired) electrons. The highest BCUT2D eigenvalue weighted by Gasteiger charge is 2.29. The van der Waals surface area contributed by atoms with Gasteiger partial charge in [0.15, 0.2) is 0 Å². The first-order valence-electron chi connectivity index (χ1n) is 7.73. The van der Waals surface area contributed by atoms with Crippen LogP contribution < -0.4 is 20.7 Å². The molecule has 4 rings (SSSR count). The van der Waals surface area contributed by atoms with Gasteiger partial charge in [-0.3, -0.25) is 0 Å². The fourth-order valence-electron chi connectivity index (χ4n) is 3.68. The van der Waals surface area contributed by atoms with Crippen molar-refractivity contribution in [1.82, 2.24) is 0 Å². The molecule has 0 aliphatic heterocycles. The van der Waals surface area contributed by atoms with Gasteiger partial charge < -0.3 is 0 Å². The first-order valence-corrected chi connectivity index (χ1v) is 11.2. The van der Waals surface area contributed by atoms with Gasteiger partial charge in [-0.2, -0.15) is 58.9 Å². The van der Waals surface area contributed by atoms with E-state index in [4.69, 9.17) is 46.4 Å². The maximum atomic E-state index is 6.64. The average Bonchev–Trinajstić information content (AvgIpc) is 3.35. The van der Waals surface area contributed by atoms with Gasteiger partial charge in [-0.25, -0.2) is 34.6 Å². The summed E-state index contributed by atoms with van der Waals surface area (Å²) in [7, 11) is -2.80. The van der Waals surface area contributed by atoms with E-state index in [0.29, 0.717) is 20.1 Å². The Morgan fingerprint density at radius 2 is 1.12 bits per heavy atom. The topological polar surface area (TPSA) is 0 Å². The van der Waals surface area contributed by atoms with E-state index in [2.05, 4.69) is 24.3 Å². The van der Waals surface area contributed by atoms with Crippen LogP contribution in [0.25, 0.3) is 0 Å². The lowest BCUT2D eigenvalue weighted by atomic mass is 10.6. The molecule has 0 bridgehead atoms. The minimum Gasteiger partial charge on any atom is -0.213 e. The van der Waals surface area contributed by atoms with Crippen molar-refractivity contribution >= 4 is 75.2 Å². The lowest BCUT2D eigenvalue weighted by Gasteiger charge is -2.51. The molecule has 4 aromatic carbocycles. The number of hydrogen-bond donors (Lipinski definition) is 0. The molecule has 0 saturated carbocycles. The Balaban J connectivity index is 2.21. The van der Waals surface area contributed by atoms with Crippen molar-refractivity contribution < 1.29 is 0 Å². The summed E-state index contributed by atoms with van der Waals surface area (Å²) in [5.74, 6) is 0. The van der Waals surface area contributed by atoms with E-state index in [1.807, 2.05) is 48.5 Å². The van der Waals surface area contributed by atoms with Crippen LogP contribution in [0.15, 0.2) is 72.8 Å². The van der Waals surface area contributed by atoms with E-state index < -0.39 is 8.07 Å². The lowest BCUT2D eigenvalue weighted by molar-refractivity contribution is 1.87. The molecular formula is C20H12Cl4Si-4. The minimum atomic E-state index is -2.80. The van der Waals surface area contributed by atoms with Crippen LogP contribution in [0.5, 0.6) is 0 Å². The molecule has 0 aromatic heterocycles. The van der Waals surface area contributed by atoms with Crippen LogP contribution in [0.4, 0.5) is 0 Å². The molecular weight excluding hydrogens is 410 g/mol. The second-order valence-electron chi connectivity index (χ2n) is 5.90. The maximum Gasteiger partial charge on any atom is -0.0701 e. The highest BCUT2D eigenvalue weighted by atomic mass is 35.5. The smallest absolute Gasteiger partial charge is 0.0701 e. The second-order valence-corrected chi connectivity index (χ2v) is 11.2. The van der Waals surface area contributed by atoms with Crippen molar-refractivity contribution in [2.75, 3.05) is 0 Å². The van der Waals surface area contributed by atoms with Crippen LogP contribution in [0.2, 0.25) is 20.1 Å².